The second-order valence-corrected chi connectivity index (χ2v) is 5.58. The van der Waals surface area contributed by atoms with E-state index in [-0.39, 0.29) is 23.7 Å². The molecule has 1 saturated heterocycles. The van der Waals surface area contributed by atoms with E-state index in [0.717, 1.165) is 25.2 Å². The Labute approximate surface area is 120 Å². The van der Waals surface area contributed by atoms with Gasteiger partial charge in [-0.2, -0.15) is 5.10 Å². The van der Waals surface area contributed by atoms with E-state index < -0.39 is 0 Å². The Morgan fingerprint density at radius 1 is 1.63 bits per heavy atom. The van der Waals surface area contributed by atoms with Crippen LogP contribution in [0, 0.1) is 12.3 Å². The zero-order chi connectivity index (χ0) is 13.2. The second-order valence-electron chi connectivity index (χ2n) is 5.58. The molecule has 1 aromatic heterocycles. The summed E-state index contributed by atoms with van der Waals surface area (Å²) in [6.45, 7) is 6.85. The van der Waals surface area contributed by atoms with Crippen LogP contribution in [-0.4, -0.2) is 35.3 Å². The van der Waals surface area contributed by atoms with E-state index in [1.165, 1.54) is 6.42 Å². The van der Waals surface area contributed by atoms with Crippen molar-refractivity contribution in [3.05, 3.63) is 17.5 Å². The Balaban J connectivity index is 0.00000180. The number of nitrogens with zero attached hydrogens (tertiary/aromatic N) is 2. The first-order valence-corrected chi connectivity index (χ1v) is 6.49. The molecule has 2 rings (SSSR count). The number of amides is 1. The molecule has 0 aromatic carbocycles. The van der Waals surface area contributed by atoms with Crippen molar-refractivity contribution in [1.29, 1.82) is 0 Å². The van der Waals surface area contributed by atoms with Gasteiger partial charge in [0, 0.05) is 26.3 Å². The first-order chi connectivity index (χ1) is 8.50. The second kappa shape index (κ2) is 6.39. The average molecular weight is 287 g/mol. The third kappa shape index (κ3) is 3.94. The molecule has 1 amide bonds. The molecule has 1 atom stereocenters. The van der Waals surface area contributed by atoms with Crippen molar-refractivity contribution in [2.45, 2.75) is 26.7 Å². The lowest BCUT2D eigenvalue weighted by atomic mass is 9.83. The first kappa shape index (κ1) is 16.0. The van der Waals surface area contributed by atoms with Crippen molar-refractivity contribution in [3.8, 4) is 0 Å². The summed E-state index contributed by atoms with van der Waals surface area (Å²) in [4.78, 5) is 12.1. The Kier molecular flexibility index (Phi) is 5.38. The maximum absolute atomic E-state index is 12.1. The summed E-state index contributed by atoms with van der Waals surface area (Å²) >= 11 is 0. The van der Waals surface area contributed by atoms with E-state index in [1.807, 2.05) is 14.0 Å². The van der Waals surface area contributed by atoms with Gasteiger partial charge >= 0.3 is 0 Å². The summed E-state index contributed by atoms with van der Waals surface area (Å²) in [5, 5.41) is 10.6. The number of halogens is 1. The summed E-state index contributed by atoms with van der Waals surface area (Å²) in [6.07, 6.45) is 4.11. The minimum Gasteiger partial charge on any atom is -0.351 e. The minimum atomic E-state index is -0.0209. The molecular formula is C13H23ClN4O. The maximum atomic E-state index is 12.1. The lowest BCUT2D eigenvalue weighted by Crippen LogP contribution is -2.45. The lowest BCUT2D eigenvalue weighted by molar-refractivity contribution is 0.0924. The third-order valence-electron chi connectivity index (χ3n) is 3.62. The van der Waals surface area contributed by atoms with Gasteiger partial charge in [0.2, 0.25) is 0 Å². The Morgan fingerprint density at radius 3 is 2.89 bits per heavy atom. The molecular weight excluding hydrogens is 264 g/mol. The van der Waals surface area contributed by atoms with Gasteiger partial charge in [0.05, 0.1) is 11.3 Å². The van der Waals surface area contributed by atoms with E-state index in [4.69, 9.17) is 0 Å². The van der Waals surface area contributed by atoms with Gasteiger partial charge < -0.3 is 10.6 Å². The molecule has 5 nitrogen and oxygen atoms in total. The van der Waals surface area contributed by atoms with Gasteiger partial charge in [-0.3, -0.25) is 9.48 Å². The Hall–Kier alpha value is -1.07. The third-order valence-corrected chi connectivity index (χ3v) is 3.62. The highest BCUT2D eigenvalue weighted by molar-refractivity contribution is 5.95. The molecule has 1 aliphatic rings. The molecule has 0 radical (unpaired) electrons. The lowest BCUT2D eigenvalue weighted by Gasteiger charge is -2.34. The van der Waals surface area contributed by atoms with Crippen LogP contribution in [0.25, 0.3) is 0 Å². The summed E-state index contributed by atoms with van der Waals surface area (Å²) in [5.41, 5.74) is 1.62. The standard InChI is InChI=1S/C13H22N4O.ClH/c1-10-11(7-17(3)16-10)12(18)15-9-13(2)5-4-6-14-8-13;/h7,14H,4-6,8-9H2,1-3H3,(H,15,18);1H. The fourth-order valence-electron chi connectivity index (χ4n) is 2.48. The maximum Gasteiger partial charge on any atom is 0.254 e. The quantitative estimate of drug-likeness (QED) is 0.880. The molecule has 0 bridgehead atoms. The van der Waals surface area contributed by atoms with Gasteiger partial charge in [-0.15, -0.1) is 12.4 Å². The summed E-state index contributed by atoms with van der Waals surface area (Å²) in [5.74, 6) is -0.0209. The average Bonchev–Trinajstić information content (AvgIpc) is 2.67. The highest BCUT2D eigenvalue weighted by atomic mass is 35.5. The number of hydrogen-bond acceptors (Lipinski definition) is 3. The van der Waals surface area contributed by atoms with Crippen molar-refractivity contribution >= 4 is 18.3 Å². The van der Waals surface area contributed by atoms with Crippen LogP contribution >= 0.6 is 12.4 Å². The van der Waals surface area contributed by atoms with Crippen LogP contribution in [-0.2, 0) is 7.05 Å². The van der Waals surface area contributed by atoms with Crippen LogP contribution in [0.15, 0.2) is 6.20 Å². The van der Waals surface area contributed by atoms with Crippen LogP contribution in [0.5, 0.6) is 0 Å². The fourth-order valence-corrected chi connectivity index (χ4v) is 2.48. The molecule has 6 heteroatoms. The summed E-state index contributed by atoms with van der Waals surface area (Å²) < 4.78 is 1.67. The van der Waals surface area contributed by atoms with Crippen molar-refractivity contribution in [2.75, 3.05) is 19.6 Å². The monoisotopic (exact) mass is 286 g/mol. The van der Waals surface area contributed by atoms with Gasteiger partial charge in [0.15, 0.2) is 0 Å². The van der Waals surface area contributed by atoms with Gasteiger partial charge in [-0.05, 0) is 31.7 Å². The molecule has 0 spiro atoms. The predicted octanol–water partition coefficient (Wildman–Crippen LogP) is 1.27. The molecule has 2 N–H and O–H groups in total. The zero-order valence-corrected chi connectivity index (χ0v) is 12.6. The normalized spacial score (nSPS) is 22.7. The number of carbonyl (C=O) groups excluding carboxylic acids is 1. The molecule has 1 unspecified atom stereocenters. The van der Waals surface area contributed by atoms with Gasteiger partial charge in [-0.25, -0.2) is 0 Å². The van der Waals surface area contributed by atoms with Gasteiger partial charge in [0.1, 0.15) is 0 Å². The van der Waals surface area contributed by atoms with E-state index in [1.54, 1.807) is 10.9 Å². The van der Waals surface area contributed by atoms with E-state index in [9.17, 15) is 4.79 Å². The minimum absolute atomic E-state index is 0. The molecule has 1 fully saturated rings. The van der Waals surface area contributed by atoms with E-state index >= 15 is 0 Å². The largest absolute Gasteiger partial charge is 0.351 e. The number of rotatable bonds is 3. The fraction of sp³-hybridized carbons (Fsp3) is 0.692. The number of carbonyl (C=O) groups is 1. The molecule has 19 heavy (non-hydrogen) atoms. The van der Waals surface area contributed by atoms with Gasteiger partial charge in [0.25, 0.3) is 5.91 Å². The van der Waals surface area contributed by atoms with Crippen molar-refractivity contribution in [1.82, 2.24) is 20.4 Å². The van der Waals surface area contributed by atoms with E-state index in [0.29, 0.717) is 12.1 Å². The zero-order valence-electron chi connectivity index (χ0n) is 11.8. The highest BCUT2D eigenvalue weighted by Crippen LogP contribution is 2.24. The molecule has 1 aliphatic heterocycles. The Bertz CT molecular complexity index is 438. The van der Waals surface area contributed by atoms with Crippen molar-refractivity contribution in [2.24, 2.45) is 12.5 Å². The van der Waals surface area contributed by atoms with Crippen molar-refractivity contribution < 1.29 is 4.79 Å². The number of nitrogens with one attached hydrogen (secondary N) is 2. The number of aryl methyl sites for hydroxylation is 2. The van der Waals surface area contributed by atoms with Gasteiger partial charge in [-0.1, -0.05) is 6.92 Å². The van der Waals surface area contributed by atoms with Crippen LogP contribution < -0.4 is 10.6 Å². The molecule has 1 aromatic rings. The van der Waals surface area contributed by atoms with Crippen molar-refractivity contribution in [3.63, 3.8) is 0 Å². The van der Waals surface area contributed by atoms with Crippen LogP contribution in [0.3, 0.4) is 0 Å². The molecule has 0 aliphatic carbocycles. The molecule has 108 valence electrons. The van der Waals surface area contributed by atoms with Crippen LogP contribution in [0.4, 0.5) is 0 Å². The Morgan fingerprint density at radius 2 is 2.37 bits per heavy atom. The predicted molar refractivity (Wildman–Crippen MR) is 77.7 cm³/mol. The SMILES string of the molecule is Cc1nn(C)cc1C(=O)NCC1(C)CCCNC1.Cl. The summed E-state index contributed by atoms with van der Waals surface area (Å²) in [6, 6.07) is 0. The van der Waals surface area contributed by atoms with Crippen LogP contribution in [0.2, 0.25) is 0 Å². The topological polar surface area (TPSA) is 59.0 Å². The summed E-state index contributed by atoms with van der Waals surface area (Å²) in [7, 11) is 1.83. The highest BCUT2D eigenvalue weighted by Gasteiger charge is 2.27. The molecule has 2 heterocycles. The number of aromatic nitrogens is 2. The molecule has 0 saturated carbocycles. The van der Waals surface area contributed by atoms with E-state index in [2.05, 4.69) is 22.7 Å². The smallest absolute Gasteiger partial charge is 0.254 e. The number of piperidine rings is 1. The van der Waals surface area contributed by atoms with Crippen LogP contribution in [0.1, 0.15) is 35.8 Å². The number of hydrogen-bond donors (Lipinski definition) is 2. The first-order valence-electron chi connectivity index (χ1n) is 6.49.